The second kappa shape index (κ2) is 6.61. The number of rotatable bonds is 4. The highest BCUT2D eigenvalue weighted by molar-refractivity contribution is 9.08. The molecular formula is C18H22BrNO. The summed E-state index contributed by atoms with van der Waals surface area (Å²) in [4.78, 5) is 4.36. The Bertz CT molecular complexity index is 617. The van der Waals surface area contributed by atoms with E-state index in [0.29, 0.717) is 5.88 Å². The fourth-order valence-corrected chi connectivity index (χ4v) is 2.62. The Morgan fingerprint density at radius 1 is 1.19 bits per heavy atom. The van der Waals surface area contributed by atoms with E-state index in [1.165, 1.54) is 11.1 Å². The van der Waals surface area contributed by atoms with E-state index in [-0.39, 0.29) is 5.41 Å². The van der Waals surface area contributed by atoms with E-state index in [1.807, 2.05) is 12.1 Å². The summed E-state index contributed by atoms with van der Waals surface area (Å²) in [6.45, 7) is 8.79. The lowest BCUT2D eigenvalue weighted by Crippen LogP contribution is -2.13. The Morgan fingerprint density at radius 2 is 1.95 bits per heavy atom. The molecule has 0 aliphatic heterocycles. The first-order valence-corrected chi connectivity index (χ1v) is 8.39. The van der Waals surface area contributed by atoms with Gasteiger partial charge in [-0.1, -0.05) is 61.8 Å². The van der Waals surface area contributed by atoms with Gasteiger partial charge in [-0.2, -0.15) is 0 Å². The number of hydrogen-bond acceptors (Lipinski definition) is 2. The zero-order chi connectivity index (χ0) is 15.5. The van der Waals surface area contributed by atoms with Gasteiger partial charge in [-0.15, -0.1) is 0 Å². The molecule has 1 aromatic carbocycles. The maximum Gasteiger partial charge on any atom is 0.223 e. The van der Waals surface area contributed by atoms with E-state index in [0.717, 1.165) is 23.1 Å². The minimum atomic E-state index is 0.0316. The molecule has 0 bridgehead atoms. The summed E-state index contributed by atoms with van der Waals surface area (Å²) in [6, 6.07) is 10.4. The molecule has 1 heterocycles. The highest BCUT2D eigenvalue weighted by Gasteiger charge is 2.20. The summed E-state index contributed by atoms with van der Waals surface area (Å²) < 4.78 is 6.12. The number of nitrogens with zero attached hydrogens (tertiary/aromatic N) is 1. The molecule has 2 aromatic rings. The lowest BCUT2D eigenvalue weighted by atomic mass is 9.85. The predicted molar refractivity (Wildman–Crippen MR) is 91.5 cm³/mol. The number of aryl methyl sites for hydroxylation is 1. The van der Waals surface area contributed by atoms with Gasteiger partial charge < -0.3 is 4.74 Å². The van der Waals surface area contributed by atoms with Crippen LogP contribution < -0.4 is 4.74 Å². The zero-order valence-corrected chi connectivity index (χ0v) is 14.7. The van der Waals surface area contributed by atoms with Crippen molar-refractivity contribution in [3.63, 3.8) is 0 Å². The lowest BCUT2D eigenvalue weighted by molar-refractivity contribution is 0.436. The van der Waals surface area contributed by atoms with Crippen LogP contribution in [0.15, 0.2) is 36.5 Å². The van der Waals surface area contributed by atoms with Gasteiger partial charge in [0.05, 0.1) is 0 Å². The number of alkyl halides is 1. The van der Waals surface area contributed by atoms with E-state index in [1.54, 1.807) is 6.20 Å². The van der Waals surface area contributed by atoms with Gasteiger partial charge in [0.1, 0.15) is 5.75 Å². The van der Waals surface area contributed by atoms with Crippen molar-refractivity contribution in [1.82, 2.24) is 4.98 Å². The monoisotopic (exact) mass is 347 g/mol. The number of ether oxygens (including phenoxy) is 1. The SMILES string of the molecule is CCc1ccc(Oc2ncccc2CBr)c(C(C)(C)C)c1. The summed E-state index contributed by atoms with van der Waals surface area (Å²) in [5.41, 5.74) is 3.63. The minimum absolute atomic E-state index is 0.0316. The second-order valence-corrected chi connectivity index (χ2v) is 6.70. The van der Waals surface area contributed by atoms with Crippen LogP contribution in [0.4, 0.5) is 0 Å². The van der Waals surface area contributed by atoms with E-state index in [4.69, 9.17) is 4.74 Å². The maximum atomic E-state index is 6.12. The van der Waals surface area contributed by atoms with Crippen LogP contribution in [0.5, 0.6) is 11.6 Å². The lowest BCUT2D eigenvalue weighted by Gasteiger charge is -2.23. The quantitative estimate of drug-likeness (QED) is 0.668. The summed E-state index contributed by atoms with van der Waals surface area (Å²) in [5.74, 6) is 1.56. The second-order valence-electron chi connectivity index (χ2n) is 6.14. The normalized spacial score (nSPS) is 11.5. The zero-order valence-electron chi connectivity index (χ0n) is 13.1. The van der Waals surface area contributed by atoms with Gasteiger partial charge in [-0.05, 0) is 29.5 Å². The molecular weight excluding hydrogens is 326 g/mol. The van der Waals surface area contributed by atoms with Crippen LogP contribution in [0, 0.1) is 0 Å². The smallest absolute Gasteiger partial charge is 0.223 e. The molecule has 1 aromatic heterocycles. The highest BCUT2D eigenvalue weighted by atomic mass is 79.9. The third-order valence-electron chi connectivity index (χ3n) is 3.46. The van der Waals surface area contributed by atoms with Gasteiger partial charge >= 0.3 is 0 Å². The van der Waals surface area contributed by atoms with Crippen molar-refractivity contribution in [3.8, 4) is 11.6 Å². The van der Waals surface area contributed by atoms with E-state index in [9.17, 15) is 0 Å². The van der Waals surface area contributed by atoms with Crippen LogP contribution in [-0.2, 0) is 17.2 Å². The fourth-order valence-electron chi connectivity index (χ4n) is 2.19. The standard InChI is InChI=1S/C18H22BrNO/c1-5-13-8-9-16(15(11-13)18(2,3)4)21-17-14(12-19)7-6-10-20-17/h6-11H,5,12H2,1-4H3. The molecule has 0 saturated carbocycles. The van der Waals surface area contributed by atoms with Crippen molar-refractivity contribution in [2.75, 3.05) is 0 Å². The molecule has 0 N–H and O–H groups in total. The predicted octanol–water partition coefficient (Wildman–Crippen LogP) is 5.63. The van der Waals surface area contributed by atoms with Crippen molar-refractivity contribution in [3.05, 3.63) is 53.2 Å². The summed E-state index contributed by atoms with van der Waals surface area (Å²) in [5, 5.41) is 0.730. The molecule has 21 heavy (non-hydrogen) atoms. The third-order valence-corrected chi connectivity index (χ3v) is 4.06. The molecule has 2 nitrogen and oxygen atoms in total. The first-order chi connectivity index (χ1) is 9.95. The third kappa shape index (κ3) is 3.85. The first kappa shape index (κ1) is 16.0. The molecule has 2 rings (SSSR count). The molecule has 0 saturated heterocycles. The van der Waals surface area contributed by atoms with Crippen molar-refractivity contribution >= 4 is 15.9 Å². The number of pyridine rings is 1. The van der Waals surface area contributed by atoms with Gasteiger partial charge in [-0.3, -0.25) is 0 Å². The Balaban J connectivity index is 2.44. The topological polar surface area (TPSA) is 22.1 Å². The summed E-state index contributed by atoms with van der Waals surface area (Å²) in [7, 11) is 0. The average molecular weight is 348 g/mol. The van der Waals surface area contributed by atoms with E-state index >= 15 is 0 Å². The Morgan fingerprint density at radius 3 is 2.57 bits per heavy atom. The number of halogens is 1. The average Bonchev–Trinajstić information content (AvgIpc) is 2.47. The molecule has 112 valence electrons. The molecule has 3 heteroatoms. The number of hydrogen-bond donors (Lipinski definition) is 0. The number of aromatic nitrogens is 1. The van der Waals surface area contributed by atoms with E-state index < -0.39 is 0 Å². The summed E-state index contributed by atoms with van der Waals surface area (Å²) >= 11 is 3.48. The van der Waals surface area contributed by atoms with Crippen LogP contribution in [0.1, 0.15) is 44.4 Å². The van der Waals surface area contributed by atoms with Gasteiger partial charge in [0.2, 0.25) is 5.88 Å². The number of benzene rings is 1. The summed E-state index contributed by atoms with van der Waals surface area (Å²) in [6.07, 6.45) is 2.79. The first-order valence-electron chi connectivity index (χ1n) is 7.26. The minimum Gasteiger partial charge on any atom is -0.438 e. The van der Waals surface area contributed by atoms with Gasteiger partial charge in [0.25, 0.3) is 0 Å². The molecule has 0 amide bonds. The van der Waals surface area contributed by atoms with Crippen LogP contribution in [0.2, 0.25) is 0 Å². The molecule has 0 atom stereocenters. The van der Waals surface area contributed by atoms with Crippen molar-refractivity contribution in [2.45, 2.75) is 44.9 Å². The van der Waals surface area contributed by atoms with Crippen molar-refractivity contribution in [1.29, 1.82) is 0 Å². The van der Waals surface area contributed by atoms with Crippen LogP contribution in [0.3, 0.4) is 0 Å². The molecule has 0 aliphatic carbocycles. The van der Waals surface area contributed by atoms with Crippen LogP contribution >= 0.6 is 15.9 Å². The molecule has 0 unspecified atom stereocenters. The van der Waals surface area contributed by atoms with Gasteiger partial charge in [0, 0.05) is 22.7 Å². The van der Waals surface area contributed by atoms with Gasteiger partial charge in [0.15, 0.2) is 0 Å². The van der Waals surface area contributed by atoms with Crippen LogP contribution in [-0.4, -0.2) is 4.98 Å². The largest absolute Gasteiger partial charge is 0.438 e. The molecule has 0 fully saturated rings. The van der Waals surface area contributed by atoms with Crippen molar-refractivity contribution < 1.29 is 4.74 Å². The molecule has 0 radical (unpaired) electrons. The van der Waals surface area contributed by atoms with Crippen LogP contribution in [0.25, 0.3) is 0 Å². The van der Waals surface area contributed by atoms with E-state index in [2.05, 4.69) is 66.8 Å². The Labute approximate surface area is 135 Å². The highest BCUT2D eigenvalue weighted by Crippen LogP contribution is 2.35. The van der Waals surface area contributed by atoms with Crippen molar-refractivity contribution in [2.24, 2.45) is 0 Å². The maximum absolute atomic E-state index is 6.12. The molecule has 0 spiro atoms. The van der Waals surface area contributed by atoms with Gasteiger partial charge in [-0.25, -0.2) is 4.98 Å². The Kier molecular flexibility index (Phi) is 5.04. The fraction of sp³-hybridized carbons (Fsp3) is 0.389. The molecule has 0 aliphatic rings. The Hall–Kier alpha value is -1.35.